The standard InChI is InChI=1S/C21H44N4/c1-18(2)12-16(13-19(3,4)23-18)22-10-11-25(9)17-14-20(5,6)24-21(7,8)15-17/h16-17,22-24H,10-15H2,1-9H3. The predicted octanol–water partition coefficient (Wildman–Crippen LogP) is 3.13. The molecule has 0 spiro atoms. The van der Waals surface area contributed by atoms with Crippen LogP contribution in [0.1, 0.15) is 81.1 Å². The average molecular weight is 353 g/mol. The molecule has 0 aromatic heterocycles. The predicted molar refractivity (Wildman–Crippen MR) is 109 cm³/mol. The van der Waals surface area contributed by atoms with Gasteiger partial charge < -0.3 is 20.9 Å². The molecule has 4 heteroatoms. The van der Waals surface area contributed by atoms with Crippen molar-refractivity contribution in [3.05, 3.63) is 0 Å². The Morgan fingerprint density at radius 2 is 1.16 bits per heavy atom. The van der Waals surface area contributed by atoms with Gasteiger partial charge in [0.15, 0.2) is 0 Å². The highest BCUT2D eigenvalue weighted by Gasteiger charge is 2.39. The minimum absolute atomic E-state index is 0.217. The monoisotopic (exact) mass is 352 g/mol. The second-order valence-electron chi connectivity index (χ2n) is 11.4. The molecule has 4 nitrogen and oxygen atoms in total. The van der Waals surface area contributed by atoms with Crippen LogP contribution < -0.4 is 16.0 Å². The summed E-state index contributed by atoms with van der Waals surface area (Å²) in [5.41, 5.74) is 0.872. The molecule has 0 atom stereocenters. The van der Waals surface area contributed by atoms with Crippen LogP contribution in [0.3, 0.4) is 0 Å². The van der Waals surface area contributed by atoms with Crippen LogP contribution in [0.15, 0.2) is 0 Å². The number of hydrogen-bond donors (Lipinski definition) is 3. The molecule has 2 fully saturated rings. The van der Waals surface area contributed by atoms with Crippen LogP contribution in [0.5, 0.6) is 0 Å². The smallest absolute Gasteiger partial charge is 0.0145 e. The van der Waals surface area contributed by atoms with Crippen LogP contribution >= 0.6 is 0 Å². The Hall–Kier alpha value is -0.160. The summed E-state index contributed by atoms with van der Waals surface area (Å²) in [6, 6.07) is 1.27. The van der Waals surface area contributed by atoms with E-state index in [4.69, 9.17) is 0 Å². The summed E-state index contributed by atoms with van der Waals surface area (Å²) in [6.45, 7) is 20.9. The molecule has 0 saturated carbocycles. The molecule has 3 N–H and O–H groups in total. The fourth-order valence-electron chi connectivity index (χ4n) is 5.67. The third-order valence-electron chi connectivity index (χ3n) is 5.88. The highest BCUT2D eigenvalue weighted by Crippen LogP contribution is 2.31. The van der Waals surface area contributed by atoms with Gasteiger partial charge in [-0.2, -0.15) is 0 Å². The Labute approximate surface area is 156 Å². The molecule has 0 aliphatic carbocycles. The van der Waals surface area contributed by atoms with Crippen molar-refractivity contribution >= 4 is 0 Å². The molecule has 148 valence electrons. The second-order valence-corrected chi connectivity index (χ2v) is 11.4. The van der Waals surface area contributed by atoms with Gasteiger partial charge in [-0.25, -0.2) is 0 Å². The zero-order valence-corrected chi connectivity index (χ0v) is 18.3. The van der Waals surface area contributed by atoms with E-state index in [0.717, 1.165) is 13.1 Å². The van der Waals surface area contributed by atoms with Crippen molar-refractivity contribution in [2.45, 2.75) is 115 Å². The van der Waals surface area contributed by atoms with Gasteiger partial charge in [0.1, 0.15) is 0 Å². The number of likely N-dealkylation sites (N-methyl/N-ethyl adjacent to an activating group) is 1. The summed E-state index contributed by atoms with van der Waals surface area (Å²) in [5.74, 6) is 0. The zero-order chi connectivity index (χ0) is 19.1. The zero-order valence-electron chi connectivity index (χ0n) is 18.3. The lowest BCUT2D eigenvalue weighted by Crippen LogP contribution is -2.63. The van der Waals surface area contributed by atoms with Gasteiger partial charge in [0.25, 0.3) is 0 Å². The van der Waals surface area contributed by atoms with Gasteiger partial charge >= 0.3 is 0 Å². The fourth-order valence-corrected chi connectivity index (χ4v) is 5.67. The van der Waals surface area contributed by atoms with Gasteiger partial charge in [0, 0.05) is 47.3 Å². The largest absolute Gasteiger partial charge is 0.313 e. The van der Waals surface area contributed by atoms with E-state index >= 15 is 0 Å². The van der Waals surface area contributed by atoms with Crippen molar-refractivity contribution < 1.29 is 0 Å². The molecule has 0 aromatic rings. The van der Waals surface area contributed by atoms with Crippen LogP contribution in [-0.2, 0) is 0 Å². The third kappa shape index (κ3) is 6.50. The van der Waals surface area contributed by atoms with E-state index < -0.39 is 0 Å². The molecule has 0 aromatic carbocycles. The lowest BCUT2D eigenvalue weighted by molar-refractivity contribution is 0.0796. The minimum Gasteiger partial charge on any atom is -0.313 e. The number of hydrogen-bond acceptors (Lipinski definition) is 4. The first-order valence-corrected chi connectivity index (χ1v) is 10.2. The Morgan fingerprint density at radius 1 is 0.760 bits per heavy atom. The third-order valence-corrected chi connectivity index (χ3v) is 5.88. The van der Waals surface area contributed by atoms with E-state index in [1.165, 1.54) is 25.7 Å². The van der Waals surface area contributed by atoms with E-state index in [0.29, 0.717) is 12.1 Å². The minimum atomic E-state index is 0.217. The van der Waals surface area contributed by atoms with Crippen LogP contribution in [0, 0.1) is 0 Å². The van der Waals surface area contributed by atoms with Gasteiger partial charge in [-0.1, -0.05) is 0 Å². The molecule has 2 aliphatic heterocycles. The summed E-state index contributed by atoms with van der Waals surface area (Å²) < 4.78 is 0. The first-order chi connectivity index (χ1) is 11.2. The number of nitrogens with zero attached hydrogens (tertiary/aromatic N) is 1. The molecule has 0 amide bonds. The lowest BCUT2D eigenvalue weighted by atomic mass is 9.79. The molecule has 25 heavy (non-hydrogen) atoms. The second kappa shape index (κ2) is 7.10. The molecule has 2 aliphatic rings. The van der Waals surface area contributed by atoms with Gasteiger partial charge in [-0.05, 0) is 88.1 Å². The quantitative estimate of drug-likeness (QED) is 0.711. The highest BCUT2D eigenvalue weighted by molar-refractivity contribution is 5.01. The lowest BCUT2D eigenvalue weighted by Gasteiger charge is -2.49. The molecule has 0 bridgehead atoms. The first kappa shape index (κ1) is 21.1. The van der Waals surface area contributed by atoms with Crippen molar-refractivity contribution in [3.8, 4) is 0 Å². The van der Waals surface area contributed by atoms with Crippen molar-refractivity contribution in [2.24, 2.45) is 0 Å². The van der Waals surface area contributed by atoms with E-state index in [1.807, 2.05) is 0 Å². The van der Waals surface area contributed by atoms with Crippen molar-refractivity contribution in [1.82, 2.24) is 20.9 Å². The Bertz CT molecular complexity index is 421. The Morgan fingerprint density at radius 3 is 1.60 bits per heavy atom. The van der Waals surface area contributed by atoms with Crippen LogP contribution in [0.25, 0.3) is 0 Å². The summed E-state index contributed by atoms with van der Waals surface area (Å²) in [4.78, 5) is 2.58. The molecular formula is C21H44N4. The van der Waals surface area contributed by atoms with Crippen molar-refractivity contribution in [3.63, 3.8) is 0 Å². The van der Waals surface area contributed by atoms with E-state index in [9.17, 15) is 0 Å². The summed E-state index contributed by atoms with van der Waals surface area (Å²) >= 11 is 0. The maximum Gasteiger partial charge on any atom is 0.0145 e. The topological polar surface area (TPSA) is 39.3 Å². The van der Waals surface area contributed by atoms with E-state index in [2.05, 4.69) is 83.3 Å². The van der Waals surface area contributed by atoms with Crippen LogP contribution in [0.4, 0.5) is 0 Å². The fraction of sp³-hybridized carbons (Fsp3) is 1.00. The molecule has 2 rings (SSSR count). The molecule has 0 radical (unpaired) electrons. The van der Waals surface area contributed by atoms with Gasteiger partial charge in [0.05, 0.1) is 0 Å². The van der Waals surface area contributed by atoms with Crippen molar-refractivity contribution in [1.29, 1.82) is 0 Å². The molecule has 2 heterocycles. The van der Waals surface area contributed by atoms with Crippen LogP contribution in [0.2, 0.25) is 0 Å². The number of nitrogens with one attached hydrogen (secondary N) is 3. The summed E-state index contributed by atoms with van der Waals surface area (Å²) in [7, 11) is 2.31. The molecular weight excluding hydrogens is 308 g/mol. The van der Waals surface area contributed by atoms with Gasteiger partial charge in [0.2, 0.25) is 0 Å². The van der Waals surface area contributed by atoms with Crippen LogP contribution in [-0.4, -0.2) is 59.3 Å². The number of piperidine rings is 2. The first-order valence-electron chi connectivity index (χ1n) is 10.2. The maximum absolute atomic E-state index is 3.85. The summed E-state index contributed by atoms with van der Waals surface area (Å²) in [6.07, 6.45) is 4.85. The van der Waals surface area contributed by atoms with Gasteiger partial charge in [-0.15, -0.1) is 0 Å². The molecule has 0 unspecified atom stereocenters. The SMILES string of the molecule is CN(CCNC1CC(C)(C)NC(C)(C)C1)C1CC(C)(C)NC(C)(C)C1. The Kier molecular flexibility index (Phi) is 6.01. The highest BCUT2D eigenvalue weighted by atomic mass is 15.2. The van der Waals surface area contributed by atoms with Gasteiger partial charge in [-0.3, -0.25) is 0 Å². The number of rotatable bonds is 5. The Balaban J connectivity index is 1.83. The average Bonchev–Trinajstić information content (AvgIpc) is 2.30. The van der Waals surface area contributed by atoms with Crippen molar-refractivity contribution in [2.75, 3.05) is 20.1 Å². The van der Waals surface area contributed by atoms with E-state index in [1.54, 1.807) is 0 Å². The summed E-state index contributed by atoms with van der Waals surface area (Å²) in [5, 5.41) is 11.4. The normalized spacial score (nSPS) is 29.0. The molecule has 2 saturated heterocycles. The maximum atomic E-state index is 3.85. The van der Waals surface area contributed by atoms with E-state index in [-0.39, 0.29) is 22.2 Å².